The predicted molar refractivity (Wildman–Crippen MR) is 125 cm³/mol. The number of imide groups is 1. The molecule has 11 heteroatoms. The van der Waals surface area contributed by atoms with Gasteiger partial charge in [-0.05, 0) is 60.7 Å². The van der Waals surface area contributed by atoms with Crippen LogP contribution in [0, 0.1) is 5.82 Å². The van der Waals surface area contributed by atoms with Crippen LogP contribution in [0.3, 0.4) is 0 Å². The lowest BCUT2D eigenvalue weighted by Crippen LogP contribution is -2.36. The van der Waals surface area contributed by atoms with Gasteiger partial charge in [0.1, 0.15) is 12.4 Å². The van der Waals surface area contributed by atoms with Crippen molar-refractivity contribution in [3.05, 3.63) is 56.1 Å². The van der Waals surface area contributed by atoms with E-state index in [-0.39, 0.29) is 15.6 Å². The monoisotopic (exact) mass is 542 g/mol. The van der Waals surface area contributed by atoms with E-state index in [1.54, 1.807) is 12.1 Å². The lowest BCUT2D eigenvalue weighted by molar-refractivity contribution is -0.127. The van der Waals surface area contributed by atoms with Gasteiger partial charge in [-0.3, -0.25) is 19.3 Å². The zero-order valence-electron chi connectivity index (χ0n) is 16.9. The third kappa shape index (κ3) is 5.43. The van der Waals surface area contributed by atoms with Gasteiger partial charge < -0.3 is 14.8 Å². The van der Waals surface area contributed by atoms with Crippen molar-refractivity contribution >= 4 is 68.1 Å². The van der Waals surface area contributed by atoms with Crippen molar-refractivity contribution in [1.29, 1.82) is 0 Å². The van der Waals surface area contributed by atoms with Gasteiger partial charge in [-0.2, -0.15) is 0 Å². The van der Waals surface area contributed by atoms with Crippen LogP contribution in [-0.2, 0) is 9.59 Å². The van der Waals surface area contributed by atoms with Gasteiger partial charge in [0.25, 0.3) is 11.1 Å². The number of anilines is 1. The minimum absolute atomic E-state index is 0.152. The topological polar surface area (TPSA) is 84.9 Å². The number of benzene rings is 2. The zero-order valence-corrected chi connectivity index (χ0v) is 20.1. The van der Waals surface area contributed by atoms with E-state index in [4.69, 9.17) is 21.1 Å². The number of nitrogens with zero attached hydrogens (tertiary/aromatic N) is 1. The van der Waals surface area contributed by atoms with Crippen molar-refractivity contribution < 1.29 is 28.2 Å². The maximum absolute atomic E-state index is 13.3. The molecule has 0 radical (unpaired) electrons. The first-order valence-corrected chi connectivity index (χ1v) is 11.2. The Morgan fingerprint density at radius 2 is 2.03 bits per heavy atom. The van der Waals surface area contributed by atoms with Crippen molar-refractivity contribution in [2.45, 2.75) is 6.92 Å². The molecule has 1 aliphatic rings. The Morgan fingerprint density at radius 3 is 2.69 bits per heavy atom. The maximum atomic E-state index is 13.3. The van der Waals surface area contributed by atoms with Crippen LogP contribution in [0.15, 0.2) is 39.7 Å². The Morgan fingerprint density at radius 1 is 1.28 bits per heavy atom. The standard InChI is InChI=1S/C21H17BrClFN2O5S/c1-3-31-17-9-13(22)11(6-16(17)30-2)7-18-20(28)26(21(29)32-18)10-19(27)25-12-4-5-15(24)14(23)8-12/h4-9H,3,10H2,1-2H3,(H,25,27)/b18-7-. The summed E-state index contributed by atoms with van der Waals surface area (Å²) in [6.07, 6.45) is 1.53. The second kappa shape index (κ2) is 10.4. The highest BCUT2D eigenvalue weighted by atomic mass is 79.9. The molecule has 1 N–H and O–H groups in total. The van der Waals surface area contributed by atoms with E-state index in [1.165, 1.54) is 25.3 Å². The molecule has 0 aromatic heterocycles. The SMILES string of the molecule is CCOc1cc(Br)c(/C=C2\SC(=O)N(CC(=O)Nc3ccc(F)c(Cl)c3)C2=O)cc1OC. The number of methoxy groups -OCH3 is 1. The summed E-state index contributed by atoms with van der Waals surface area (Å²) in [5, 5.41) is 1.74. The summed E-state index contributed by atoms with van der Waals surface area (Å²) in [6, 6.07) is 7.04. The van der Waals surface area contributed by atoms with Gasteiger partial charge in [-0.25, -0.2) is 4.39 Å². The Hall–Kier alpha value is -2.56. The molecule has 3 rings (SSSR count). The number of halogens is 3. The number of amides is 3. The summed E-state index contributed by atoms with van der Waals surface area (Å²) >= 11 is 9.84. The third-order valence-electron chi connectivity index (χ3n) is 4.25. The Labute approximate surface area is 201 Å². The fourth-order valence-electron chi connectivity index (χ4n) is 2.78. The number of thioether (sulfide) groups is 1. The van der Waals surface area contributed by atoms with E-state index >= 15 is 0 Å². The van der Waals surface area contributed by atoms with Gasteiger partial charge in [0.15, 0.2) is 11.5 Å². The largest absolute Gasteiger partial charge is 0.493 e. The lowest BCUT2D eigenvalue weighted by Gasteiger charge is -2.13. The Bertz CT molecular complexity index is 1130. The van der Waals surface area contributed by atoms with Crippen molar-refractivity contribution in [3.63, 3.8) is 0 Å². The van der Waals surface area contributed by atoms with Crippen molar-refractivity contribution in [3.8, 4) is 11.5 Å². The summed E-state index contributed by atoms with van der Waals surface area (Å²) in [6.45, 7) is 1.80. The van der Waals surface area contributed by atoms with Gasteiger partial charge in [0.2, 0.25) is 5.91 Å². The van der Waals surface area contributed by atoms with Gasteiger partial charge in [0, 0.05) is 10.2 Å². The average Bonchev–Trinajstić information content (AvgIpc) is 3.00. The lowest BCUT2D eigenvalue weighted by atomic mass is 10.2. The number of hydrogen-bond donors (Lipinski definition) is 1. The molecule has 0 spiro atoms. The van der Waals surface area contributed by atoms with E-state index in [2.05, 4.69) is 21.2 Å². The molecule has 2 aromatic rings. The highest BCUT2D eigenvalue weighted by Crippen LogP contribution is 2.38. The molecule has 3 amide bonds. The molecule has 0 atom stereocenters. The van der Waals surface area contributed by atoms with E-state index in [9.17, 15) is 18.8 Å². The van der Waals surface area contributed by atoms with Crippen molar-refractivity contribution in [2.24, 2.45) is 0 Å². The predicted octanol–water partition coefficient (Wildman–Crippen LogP) is 5.32. The van der Waals surface area contributed by atoms with E-state index in [0.717, 1.165) is 22.7 Å². The van der Waals surface area contributed by atoms with Gasteiger partial charge in [-0.15, -0.1) is 0 Å². The molecule has 2 aromatic carbocycles. The minimum Gasteiger partial charge on any atom is -0.493 e. The zero-order chi connectivity index (χ0) is 23.4. The molecule has 7 nitrogen and oxygen atoms in total. The van der Waals surface area contributed by atoms with E-state index < -0.39 is 29.4 Å². The van der Waals surface area contributed by atoms with Crippen LogP contribution in [0.2, 0.25) is 5.02 Å². The van der Waals surface area contributed by atoms with Crippen LogP contribution in [-0.4, -0.2) is 42.2 Å². The molecule has 0 saturated carbocycles. The first kappa shape index (κ1) is 24.1. The number of carbonyl (C=O) groups excluding carboxylic acids is 3. The molecule has 1 fully saturated rings. The second-order valence-electron chi connectivity index (χ2n) is 6.40. The van der Waals surface area contributed by atoms with Crippen LogP contribution in [0.4, 0.5) is 14.9 Å². The summed E-state index contributed by atoms with van der Waals surface area (Å²) in [4.78, 5) is 38.4. The van der Waals surface area contributed by atoms with Crippen LogP contribution in [0.5, 0.6) is 11.5 Å². The fraction of sp³-hybridized carbons (Fsp3) is 0.190. The molecule has 1 saturated heterocycles. The normalized spacial score (nSPS) is 14.8. The molecule has 168 valence electrons. The number of ether oxygens (including phenoxy) is 2. The fourth-order valence-corrected chi connectivity index (χ4v) is 4.23. The summed E-state index contributed by atoms with van der Waals surface area (Å²) in [7, 11) is 1.50. The first-order chi connectivity index (χ1) is 15.2. The maximum Gasteiger partial charge on any atom is 0.294 e. The molecule has 0 unspecified atom stereocenters. The molecular weight excluding hydrogens is 527 g/mol. The van der Waals surface area contributed by atoms with Crippen molar-refractivity contribution in [2.75, 3.05) is 25.6 Å². The molecular formula is C21H17BrClFN2O5S. The number of carbonyl (C=O) groups is 3. The van der Waals surface area contributed by atoms with Crippen LogP contribution >= 0.6 is 39.3 Å². The van der Waals surface area contributed by atoms with Crippen LogP contribution in [0.1, 0.15) is 12.5 Å². The van der Waals surface area contributed by atoms with Crippen molar-refractivity contribution in [1.82, 2.24) is 4.90 Å². The molecule has 0 bridgehead atoms. The molecule has 32 heavy (non-hydrogen) atoms. The highest BCUT2D eigenvalue weighted by molar-refractivity contribution is 9.10. The second-order valence-corrected chi connectivity index (χ2v) is 8.66. The minimum atomic E-state index is -0.627. The summed E-state index contributed by atoms with van der Waals surface area (Å²) in [5.41, 5.74) is 0.843. The highest BCUT2D eigenvalue weighted by Gasteiger charge is 2.36. The Balaban J connectivity index is 1.76. The Kier molecular flexibility index (Phi) is 7.81. The van der Waals surface area contributed by atoms with Gasteiger partial charge in [0.05, 0.1) is 23.6 Å². The summed E-state index contributed by atoms with van der Waals surface area (Å²) < 4.78 is 24.7. The number of hydrogen-bond acceptors (Lipinski definition) is 6. The summed E-state index contributed by atoms with van der Waals surface area (Å²) in [5.74, 6) is -0.854. The average molecular weight is 544 g/mol. The molecule has 1 heterocycles. The number of nitrogens with one attached hydrogen (secondary N) is 1. The first-order valence-electron chi connectivity index (χ1n) is 9.24. The molecule has 0 aliphatic carbocycles. The smallest absolute Gasteiger partial charge is 0.294 e. The van der Waals surface area contributed by atoms with Gasteiger partial charge in [-0.1, -0.05) is 27.5 Å². The van der Waals surface area contributed by atoms with E-state index in [0.29, 0.717) is 28.1 Å². The van der Waals surface area contributed by atoms with Gasteiger partial charge >= 0.3 is 0 Å². The molecule has 1 aliphatic heterocycles. The van der Waals surface area contributed by atoms with E-state index in [1.807, 2.05) is 6.92 Å². The third-order valence-corrected chi connectivity index (χ3v) is 6.13. The quantitative estimate of drug-likeness (QED) is 0.476. The number of rotatable bonds is 7. The van der Waals surface area contributed by atoms with Crippen LogP contribution in [0.25, 0.3) is 6.08 Å². The van der Waals surface area contributed by atoms with Crippen LogP contribution < -0.4 is 14.8 Å².